The highest BCUT2D eigenvalue weighted by Gasteiger charge is 2.39. The third-order valence-electron chi connectivity index (χ3n) is 7.29. The third-order valence-corrected chi connectivity index (χ3v) is 7.29. The Kier molecular flexibility index (Phi) is 19.9. The number of esters is 2. The standard InChI is InChI=1S/C31H54O8/c1-3-5-7-8-9-10-12-17-30(36)38-22-25(33)23-39-31(37)18-14-13-16-26-27(29(35)21-28(26)34)20-19-24(32)15-11-6-4-2/h13-14,19-20,24-29,32-35H,3-12,15-18,21-23H2,1-2H3/b14-13-,20-19+/t24-,25+,26+,27-,28+,29-/m1/s1. The molecule has 0 spiro atoms. The second kappa shape index (κ2) is 22.0. The van der Waals surface area contributed by atoms with Crippen molar-refractivity contribution in [1.29, 1.82) is 0 Å². The van der Waals surface area contributed by atoms with Crippen molar-refractivity contribution in [3.8, 4) is 0 Å². The first-order valence-electron chi connectivity index (χ1n) is 15.1. The highest BCUT2D eigenvalue weighted by atomic mass is 16.6. The van der Waals surface area contributed by atoms with E-state index in [1.54, 1.807) is 18.2 Å². The lowest BCUT2D eigenvalue weighted by Crippen LogP contribution is -2.25. The zero-order valence-corrected chi connectivity index (χ0v) is 24.2. The normalized spacial score (nSPS) is 22.9. The van der Waals surface area contributed by atoms with Gasteiger partial charge in [0.1, 0.15) is 19.3 Å². The summed E-state index contributed by atoms with van der Waals surface area (Å²) in [7, 11) is 0. The van der Waals surface area contributed by atoms with Crippen molar-refractivity contribution in [2.75, 3.05) is 13.2 Å². The predicted octanol–water partition coefficient (Wildman–Crippen LogP) is 4.77. The minimum Gasteiger partial charge on any atom is -0.463 e. The van der Waals surface area contributed by atoms with Gasteiger partial charge >= 0.3 is 11.9 Å². The SMILES string of the molecule is CCCCCCCCCC(=O)OC[C@H](O)COC(=O)C/C=C\C[C@H]1[C@@H](/C=C/[C@H](O)CCCCC)[C@H](O)C[C@@H]1O. The summed E-state index contributed by atoms with van der Waals surface area (Å²) < 4.78 is 10.1. The maximum atomic E-state index is 12.0. The van der Waals surface area contributed by atoms with Gasteiger partial charge in [-0.2, -0.15) is 0 Å². The van der Waals surface area contributed by atoms with E-state index in [1.807, 2.05) is 6.08 Å². The van der Waals surface area contributed by atoms with Crippen molar-refractivity contribution in [3.05, 3.63) is 24.3 Å². The van der Waals surface area contributed by atoms with E-state index in [-0.39, 0.29) is 43.9 Å². The molecule has 1 saturated carbocycles. The molecule has 226 valence electrons. The molecule has 0 aromatic carbocycles. The zero-order chi connectivity index (χ0) is 28.9. The van der Waals surface area contributed by atoms with E-state index in [0.29, 0.717) is 19.3 Å². The minimum absolute atomic E-state index is 0.00673. The fourth-order valence-electron chi connectivity index (χ4n) is 4.88. The van der Waals surface area contributed by atoms with Gasteiger partial charge in [-0.05, 0) is 25.2 Å². The largest absolute Gasteiger partial charge is 0.463 e. The molecule has 0 bridgehead atoms. The Balaban J connectivity index is 2.25. The van der Waals surface area contributed by atoms with Gasteiger partial charge in [0, 0.05) is 18.8 Å². The Morgan fingerprint density at radius 1 is 0.821 bits per heavy atom. The van der Waals surface area contributed by atoms with Crippen LogP contribution in [-0.4, -0.2) is 70.0 Å². The predicted molar refractivity (Wildman–Crippen MR) is 152 cm³/mol. The number of carbonyl (C=O) groups is 2. The van der Waals surface area contributed by atoms with Crippen LogP contribution >= 0.6 is 0 Å². The van der Waals surface area contributed by atoms with E-state index >= 15 is 0 Å². The summed E-state index contributed by atoms with van der Waals surface area (Å²) in [6, 6.07) is 0. The van der Waals surface area contributed by atoms with E-state index in [4.69, 9.17) is 9.47 Å². The Hall–Kier alpha value is -1.74. The molecule has 0 amide bonds. The first kappa shape index (κ1) is 35.3. The molecule has 1 aliphatic rings. The van der Waals surface area contributed by atoms with Crippen molar-refractivity contribution in [3.63, 3.8) is 0 Å². The molecule has 0 radical (unpaired) electrons. The number of aliphatic hydroxyl groups is 4. The molecule has 8 nitrogen and oxygen atoms in total. The number of hydrogen-bond acceptors (Lipinski definition) is 8. The van der Waals surface area contributed by atoms with Gasteiger partial charge < -0.3 is 29.9 Å². The second-order valence-electron chi connectivity index (χ2n) is 10.9. The lowest BCUT2D eigenvalue weighted by molar-refractivity contribution is -0.151. The van der Waals surface area contributed by atoms with Gasteiger partial charge in [-0.25, -0.2) is 0 Å². The number of unbranched alkanes of at least 4 members (excludes halogenated alkanes) is 8. The number of aliphatic hydroxyl groups excluding tert-OH is 4. The Labute approximate surface area is 235 Å². The molecule has 1 fully saturated rings. The van der Waals surface area contributed by atoms with Gasteiger partial charge in [0.05, 0.1) is 24.7 Å². The zero-order valence-electron chi connectivity index (χ0n) is 24.2. The fourth-order valence-corrected chi connectivity index (χ4v) is 4.88. The third kappa shape index (κ3) is 16.8. The molecule has 0 aromatic heterocycles. The molecule has 1 aliphatic carbocycles. The van der Waals surface area contributed by atoms with Crippen LogP contribution in [0, 0.1) is 11.8 Å². The summed E-state index contributed by atoms with van der Waals surface area (Å²) >= 11 is 0. The monoisotopic (exact) mass is 554 g/mol. The van der Waals surface area contributed by atoms with Crippen molar-refractivity contribution in [2.24, 2.45) is 11.8 Å². The summed E-state index contributed by atoms with van der Waals surface area (Å²) in [5, 5.41) is 40.8. The van der Waals surface area contributed by atoms with Crippen LogP contribution in [0.15, 0.2) is 24.3 Å². The van der Waals surface area contributed by atoms with Crippen LogP contribution in [0.1, 0.15) is 110 Å². The van der Waals surface area contributed by atoms with E-state index in [0.717, 1.165) is 38.5 Å². The summed E-state index contributed by atoms with van der Waals surface area (Å²) in [6.45, 7) is 3.83. The van der Waals surface area contributed by atoms with Gasteiger partial charge in [0.15, 0.2) is 0 Å². The topological polar surface area (TPSA) is 134 Å². The molecule has 0 aliphatic heterocycles. The van der Waals surface area contributed by atoms with Crippen LogP contribution in [0.2, 0.25) is 0 Å². The summed E-state index contributed by atoms with van der Waals surface area (Å²) in [5.41, 5.74) is 0. The number of carbonyl (C=O) groups excluding carboxylic acids is 2. The van der Waals surface area contributed by atoms with Crippen molar-refractivity contribution >= 4 is 11.9 Å². The first-order chi connectivity index (χ1) is 18.8. The Morgan fingerprint density at radius 2 is 1.44 bits per heavy atom. The molecule has 0 saturated heterocycles. The second-order valence-corrected chi connectivity index (χ2v) is 10.9. The van der Waals surface area contributed by atoms with Crippen LogP contribution < -0.4 is 0 Å². The fraction of sp³-hybridized carbons (Fsp3) is 0.806. The number of rotatable bonds is 22. The van der Waals surface area contributed by atoms with Gasteiger partial charge in [-0.3, -0.25) is 9.59 Å². The van der Waals surface area contributed by atoms with Crippen LogP contribution in [-0.2, 0) is 19.1 Å². The first-order valence-corrected chi connectivity index (χ1v) is 15.1. The van der Waals surface area contributed by atoms with E-state index in [1.165, 1.54) is 25.7 Å². The van der Waals surface area contributed by atoms with Gasteiger partial charge in [-0.15, -0.1) is 0 Å². The molecule has 39 heavy (non-hydrogen) atoms. The number of allylic oxidation sites excluding steroid dienone is 1. The van der Waals surface area contributed by atoms with E-state index in [9.17, 15) is 30.0 Å². The van der Waals surface area contributed by atoms with Crippen molar-refractivity contribution in [1.82, 2.24) is 0 Å². The smallest absolute Gasteiger partial charge is 0.309 e. The van der Waals surface area contributed by atoms with Crippen LogP contribution in [0.3, 0.4) is 0 Å². The molecular formula is C31H54O8. The van der Waals surface area contributed by atoms with Gasteiger partial charge in [0.2, 0.25) is 0 Å². The van der Waals surface area contributed by atoms with Crippen molar-refractivity contribution in [2.45, 2.75) is 135 Å². The highest BCUT2D eigenvalue weighted by molar-refractivity contribution is 5.71. The maximum Gasteiger partial charge on any atom is 0.309 e. The Bertz CT molecular complexity index is 707. The van der Waals surface area contributed by atoms with Gasteiger partial charge in [-0.1, -0.05) is 95.9 Å². The average molecular weight is 555 g/mol. The van der Waals surface area contributed by atoms with Crippen LogP contribution in [0.5, 0.6) is 0 Å². The quantitative estimate of drug-likeness (QED) is 0.0855. The minimum atomic E-state index is -1.07. The molecule has 4 N–H and O–H groups in total. The summed E-state index contributed by atoms with van der Waals surface area (Å²) in [6.07, 6.45) is 16.6. The molecule has 6 atom stereocenters. The lowest BCUT2D eigenvalue weighted by atomic mass is 9.89. The molecule has 8 heteroatoms. The van der Waals surface area contributed by atoms with Crippen LogP contribution in [0.25, 0.3) is 0 Å². The van der Waals surface area contributed by atoms with E-state index < -0.39 is 30.4 Å². The van der Waals surface area contributed by atoms with Crippen LogP contribution in [0.4, 0.5) is 0 Å². The van der Waals surface area contributed by atoms with E-state index in [2.05, 4.69) is 13.8 Å². The lowest BCUT2D eigenvalue weighted by Gasteiger charge is -2.19. The molecule has 0 unspecified atom stereocenters. The number of ether oxygens (including phenoxy) is 2. The molecule has 0 heterocycles. The average Bonchev–Trinajstić information content (AvgIpc) is 3.18. The van der Waals surface area contributed by atoms with Gasteiger partial charge in [0.25, 0.3) is 0 Å². The van der Waals surface area contributed by atoms with Crippen molar-refractivity contribution < 1.29 is 39.5 Å². The molecule has 1 rings (SSSR count). The maximum absolute atomic E-state index is 12.0. The Morgan fingerprint density at radius 3 is 2.13 bits per heavy atom. The highest BCUT2D eigenvalue weighted by Crippen LogP contribution is 2.36. The summed E-state index contributed by atoms with van der Waals surface area (Å²) in [5.74, 6) is -1.33. The number of hydrogen-bond donors (Lipinski definition) is 4. The molecular weight excluding hydrogens is 500 g/mol. The molecule has 0 aromatic rings. The summed E-state index contributed by atoms with van der Waals surface area (Å²) in [4.78, 5) is 23.8.